The van der Waals surface area contributed by atoms with Crippen molar-refractivity contribution in [3.8, 4) is 5.88 Å². The highest BCUT2D eigenvalue weighted by Crippen LogP contribution is 2.12. The number of hydrogen-bond acceptors (Lipinski definition) is 4. The van der Waals surface area contributed by atoms with E-state index in [0.29, 0.717) is 17.9 Å². The monoisotopic (exact) mass is 266 g/mol. The van der Waals surface area contributed by atoms with E-state index in [-0.39, 0.29) is 24.7 Å². The molecule has 2 atom stereocenters. The molecule has 1 aromatic heterocycles. The molecule has 0 spiro atoms. The van der Waals surface area contributed by atoms with Crippen LogP contribution in [0.4, 0.5) is 0 Å². The summed E-state index contributed by atoms with van der Waals surface area (Å²) >= 11 is 0. The highest BCUT2D eigenvalue weighted by atomic mass is 16.5. The Kier molecular flexibility index (Phi) is 6.29. The van der Waals surface area contributed by atoms with Crippen molar-refractivity contribution >= 4 is 5.91 Å². The maximum Gasteiger partial charge on any atom is 0.251 e. The number of rotatable bonds is 7. The summed E-state index contributed by atoms with van der Waals surface area (Å²) in [6.45, 7) is 5.89. The summed E-state index contributed by atoms with van der Waals surface area (Å²) in [6.07, 6.45) is 3.04. The lowest BCUT2D eigenvalue weighted by atomic mass is 10.2. The van der Waals surface area contributed by atoms with Crippen molar-refractivity contribution in [2.24, 2.45) is 0 Å². The number of hydrogen-bond donors (Lipinski definition) is 2. The van der Waals surface area contributed by atoms with Gasteiger partial charge in [-0.1, -0.05) is 6.92 Å². The molecule has 2 unspecified atom stereocenters. The van der Waals surface area contributed by atoms with Gasteiger partial charge >= 0.3 is 0 Å². The van der Waals surface area contributed by atoms with Gasteiger partial charge in [-0.25, -0.2) is 4.98 Å². The van der Waals surface area contributed by atoms with E-state index in [1.807, 2.05) is 20.8 Å². The number of aliphatic hydroxyl groups is 1. The number of nitrogens with one attached hydrogen (secondary N) is 1. The molecule has 0 radical (unpaired) electrons. The molecule has 2 N–H and O–H groups in total. The van der Waals surface area contributed by atoms with Crippen LogP contribution in [0.3, 0.4) is 0 Å². The van der Waals surface area contributed by atoms with Crippen LogP contribution in [0.1, 0.15) is 44.0 Å². The number of nitrogens with zero attached hydrogens (tertiary/aromatic N) is 1. The van der Waals surface area contributed by atoms with Crippen LogP contribution in [0.2, 0.25) is 0 Å². The Morgan fingerprint density at radius 3 is 2.89 bits per heavy atom. The van der Waals surface area contributed by atoms with Gasteiger partial charge in [-0.3, -0.25) is 4.79 Å². The molecule has 1 heterocycles. The second-order valence-electron chi connectivity index (χ2n) is 4.61. The largest absolute Gasteiger partial charge is 0.475 e. The summed E-state index contributed by atoms with van der Waals surface area (Å²) in [4.78, 5) is 16.0. The summed E-state index contributed by atoms with van der Waals surface area (Å²) < 4.78 is 5.58. The fourth-order valence-corrected chi connectivity index (χ4v) is 1.48. The van der Waals surface area contributed by atoms with Crippen LogP contribution in [0.25, 0.3) is 0 Å². The van der Waals surface area contributed by atoms with Crippen LogP contribution in [0, 0.1) is 0 Å². The maximum atomic E-state index is 12.0. The molecule has 106 valence electrons. The summed E-state index contributed by atoms with van der Waals surface area (Å²) in [5.41, 5.74) is 0.512. The molecule has 0 aliphatic heterocycles. The zero-order valence-corrected chi connectivity index (χ0v) is 11.7. The SMILES string of the molecule is CCC(C)Oc1cc(C(=O)NC(C)CCO)ccn1. The van der Waals surface area contributed by atoms with Crippen LogP contribution in [0.5, 0.6) is 5.88 Å². The van der Waals surface area contributed by atoms with E-state index in [1.54, 1.807) is 18.3 Å². The van der Waals surface area contributed by atoms with Gasteiger partial charge in [0.15, 0.2) is 0 Å². The quantitative estimate of drug-likeness (QED) is 0.789. The van der Waals surface area contributed by atoms with Gasteiger partial charge in [-0.05, 0) is 32.8 Å². The van der Waals surface area contributed by atoms with Crippen LogP contribution >= 0.6 is 0 Å². The third-order valence-corrected chi connectivity index (χ3v) is 2.83. The number of carbonyl (C=O) groups excluding carboxylic acids is 1. The van der Waals surface area contributed by atoms with Crippen molar-refractivity contribution in [1.82, 2.24) is 10.3 Å². The summed E-state index contributed by atoms with van der Waals surface area (Å²) in [5.74, 6) is 0.272. The van der Waals surface area contributed by atoms with Gasteiger partial charge in [-0.15, -0.1) is 0 Å². The minimum atomic E-state index is -0.183. The topological polar surface area (TPSA) is 71.5 Å². The first-order chi connectivity index (χ1) is 9.06. The van der Waals surface area contributed by atoms with E-state index in [2.05, 4.69) is 10.3 Å². The van der Waals surface area contributed by atoms with Crippen LogP contribution in [-0.4, -0.2) is 34.8 Å². The average Bonchev–Trinajstić information content (AvgIpc) is 2.39. The molecular weight excluding hydrogens is 244 g/mol. The van der Waals surface area contributed by atoms with Gasteiger partial charge in [0.1, 0.15) is 0 Å². The number of carbonyl (C=O) groups is 1. The molecule has 0 aliphatic rings. The van der Waals surface area contributed by atoms with E-state index in [9.17, 15) is 4.79 Å². The maximum absolute atomic E-state index is 12.0. The van der Waals surface area contributed by atoms with Crippen LogP contribution < -0.4 is 10.1 Å². The van der Waals surface area contributed by atoms with E-state index in [0.717, 1.165) is 6.42 Å². The molecular formula is C14H22N2O3. The average molecular weight is 266 g/mol. The molecule has 0 saturated carbocycles. The lowest BCUT2D eigenvalue weighted by molar-refractivity contribution is 0.0933. The first-order valence-electron chi connectivity index (χ1n) is 6.61. The van der Waals surface area contributed by atoms with Gasteiger partial charge in [0.05, 0.1) is 6.10 Å². The summed E-state index contributed by atoms with van der Waals surface area (Å²) in [5, 5.41) is 11.6. The molecule has 1 amide bonds. The van der Waals surface area contributed by atoms with Gasteiger partial charge < -0.3 is 15.2 Å². The molecule has 0 fully saturated rings. The number of pyridine rings is 1. The smallest absolute Gasteiger partial charge is 0.251 e. The number of amides is 1. The minimum absolute atomic E-state index is 0.0557. The second-order valence-corrected chi connectivity index (χ2v) is 4.61. The predicted molar refractivity (Wildman–Crippen MR) is 73.2 cm³/mol. The van der Waals surface area contributed by atoms with E-state index in [1.165, 1.54) is 0 Å². The zero-order chi connectivity index (χ0) is 14.3. The third kappa shape index (κ3) is 5.26. The number of aromatic nitrogens is 1. The molecule has 19 heavy (non-hydrogen) atoms. The molecule has 5 nitrogen and oxygen atoms in total. The van der Waals surface area contributed by atoms with Gasteiger partial charge in [0.2, 0.25) is 5.88 Å². The second kappa shape index (κ2) is 7.74. The Bertz CT molecular complexity index is 409. The highest BCUT2D eigenvalue weighted by molar-refractivity contribution is 5.94. The van der Waals surface area contributed by atoms with Crippen molar-refractivity contribution in [2.75, 3.05) is 6.61 Å². The zero-order valence-electron chi connectivity index (χ0n) is 11.7. The van der Waals surface area contributed by atoms with Crippen molar-refractivity contribution in [3.05, 3.63) is 23.9 Å². The Morgan fingerprint density at radius 2 is 2.26 bits per heavy atom. The first kappa shape index (κ1) is 15.4. The number of ether oxygens (including phenoxy) is 1. The van der Waals surface area contributed by atoms with E-state index < -0.39 is 0 Å². The van der Waals surface area contributed by atoms with Crippen molar-refractivity contribution in [3.63, 3.8) is 0 Å². The van der Waals surface area contributed by atoms with E-state index in [4.69, 9.17) is 9.84 Å². The van der Waals surface area contributed by atoms with Gasteiger partial charge in [0, 0.05) is 30.5 Å². The van der Waals surface area contributed by atoms with Gasteiger partial charge in [-0.2, -0.15) is 0 Å². The van der Waals surface area contributed by atoms with Crippen LogP contribution in [-0.2, 0) is 0 Å². The normalized spacial score (nSPS) is 13.7. The molecule has 0 aromatic carbocycles. The highest BCUT2D eigenvalue weighted by Gasteiger charge is 2.11. The van der Waals surface area contributed by atoms with Crippen LogP contribution in [0.15, 0.2) is 18.3 Å². The standard InChI is InChI=1S/C14H22N2O3/c1-4-11(3)19-13-9-12(5-7-15-13)14(18)16-10(2)6-8-17/h5,7,9-11,17H,4,6,8H2,1-3H3,(H,16,18). The Balaban J connectivity index is 2.67. The molecule has 0 aliphatic carbocycles. The predicted octanol–water partition coefficient (Wildman–Crippen LogP) is 1.76. The molecule has 1 rings (SSSR count). The molecule has 0 bridgehead atoms. The Hall–Kier alpha value is -1.62. The summed E-state index contributed by atoms with van der Waals surface area (Å²) in [6, 6.07) is 3.21. The number of aliphatic hydroxyl groups excluding tert-OH is 1. The van der Waals surface area contributed by atoms with Crippen molar-refractivity contribution in [2.45, 2.75) is 45.8 Å². The lowest BCUT2D eigenvalue weighted by Gasteiger charge is -2.14. The first-order valence-corrected chi connectivity index (χ1v) is 6.61. The molecule has 5 heteroatoms. The lowest BCUT2D eigenvalue weighted by Crippen LogP contribution is -2.33. The van der Waals surface area contributed by atoms with E-state index >= 15 is 0 Å². The molecule has 1 aromatic rings. The molecule has 0 saturated heterocycles. The summed E-state index contributed by atoms with van der Waals surface area (Å²) in [7, 11) is 0. The van der Waals surface area contributed by atoms with Gasteiger partial charge in [0.25, 0.3) is 5.91 Å². The fourth-order valence-electron chi connectivity index (χ4n) is 1.48. The fraction of sp³-hybridized carbons (Fsp3) is 0.571. The minimum Gasteiger partial charge on any atom is -0.475 e. The third-order valence-electron chi connectivity index (χ3n) is 2.83. The Morgan fingerprint density at radius 1 is 1.53 bits per heavy atom. The van der Waals surface area contributed by atoms with Crippen molar-refractivity contribution < 1.29 is 14.6 Å². The Labute approximate surface area is 114 Å². The van der Waals surface area contributed by atoms with Crippen molar-refractivity contribution in [1.29, 1.82) is 0 Å².